The minimum atomic E-state index is -0.411. The van der Waals surface area contributed by atoms with Crippen LogP contribution in [0.3, 0.4) is 0 Å². The molecule has 17 heteroatoms. The van der Waals surface area contributed by atoms with E-state index in [9.17, 15) is 14.4 Å². The Hall–Kier alpha value is -19.5. The number of aromatic nitrogens is 11. The minimum Gasteiger partial charge on any atom is -0.422 e. The van der Waals surface area contributed by atoms with Crippen molar-refractivity contribution >= 4 is 65.2 Å². The van der Waals surface area contributed by atoms with Crippen molar-refractivity contribution in [3.8, 4) is 181 Å². The Balaban J connectivity index is 0.000000123. The van der Waals surface area contributed by atoms with Crippen LogP contribution in [0.2, 0.25) is 0 Å². The van der Waals surface area contributed by atoms with Gasteiger partial charge < -0.3 is 13.3 Å². The van der Waals surface area contributed by atoms with Crippen LogP contribution in [-0.4, -0.2) is 54.8 Å². The highest BCUT2D eigenvalue weighted by Crippen LogP contribution is 2.40. The van der Waals surface area contributed by atoms with E-state index in [-0.39, 0.29) is 11.3 Å². The fraction of sp³-hybridized carbons (Fsp3) is 0. The van der Waals surface area contributed by atoms with E-state index in [0.29, 0.717) is 91.2 Å². The quantitative estimate of drug-likeness (QED) is 0.0646. The number of nitrogens with zero attached hydrogens (tertiary/aromatic N) is 11. The van der Waals surface area contributed by atoms with Gasteiger partial charge in [0, 0.05) is 88.5 Å². The van der Waals surface area contributed by atoms with Gasteiger partial charge in [-0.15, -0.1) is 0 Å². The van der Waals surface area contributed by atoms with Crippen LogP contribution in [0, 0.1) is 0 Å². The van der Waals surface area contributed by atoms with Crippen molar-refractivity contribution in [1.82, 2.24) is 54.8 Å². The fourth-order valence-corrected chi connectivity index (χ4v) is 17.7. The Bertz CT molecular complexity index is 9020. The lowest BCUT2D eigenvalue weighted by Crippen LogP contribution is -2.01. The first kappa shape index (κ1) is 85.7. The van der Waals surface area contributed by atoms with Gasteiger partial charge >= 0.3 is 16.9 Å². The molecule has 0 atom stereocenters. The molecule has 0 aliphatic rings. The Morgan fingerprint density at radius 3 is 0.794 bits per heavy atom. The smallest absolute Gasteiger partial charge is 0.344 e. The molecule has 0 aliphatic carbocycles. The van der Waals surface area contributed by atoms with Crippen molar-refractivity contribution < 1.29 is 13.3 Å². The van der Waals surface area contributed by atoms with E-state index in [1.54, 1.807) is 6.07 Å². The first-order chi connectivity index (χ1) is 69.6. The monoisotopic (exact) mass is 1820 g/mol. The molecular formula is C124H77N11O6. The largest absolute Gasteiger partial charge is 0.422 e. The molecule has 25 aromatic rings. The molecule has 25 rings (SSSR count). The molecule has 0 N–H and O–H groups in total. The van der Waals surface area contributed by atoms with Gasteiger partial charge in [0.1, 0.15) is 16.7 Å². The van der Waals surface area contributed by atoms with Crippen LogP contribution < -0.4 is 16.9 Å². The predicted molar refractivity (Wildman–Crippen MR) is 563 cm³/mol. The van der Waals surface area contributed by atoms with Crippen LogP contribution in [-0.2, 0) is 0 Å². The highest BCUT2D eigenvalue weighted by Gasteiger charge is 2.23. The molecule has 0 amide bonds. The highest BCUT2D eigenvalue weighted by molar-refractivity contribution is 6.10. The zero-order chi connectivity index (χ0) is 94.5. The number of rotatable bonds is 16. The summed E-state index contributed by atoms with van der Waals surface area (Å²) in [6.07, 6.45) is 0. The third-order valence-corrected chi connectivity index (χ3v) is 24.7. The van der Waals surface area contributed by atoms with Crippen molar-refractivity contribution in [3.63, 3.8) is 0 Å². The van der Waals surface area contributed by atoms with Gasteiger partial charge in [-0.05, 0) is 122 Å². The van der Waals surface area contributed by atoms with E-state index in [4.69, 9.17) is 68.1 Å². The predicted octanol–water partition coefficient (Wildman–Crippen LogP) is 28.9. The molecule has 0 saturated heterocycles. The fourth-order valence-electron chi connectivity index (χ4n) is 17.7. The van der Waals surface area contributed by atoms with Crippen molar-refractivity contribution in [1.29, 1.82) is 0 Å². The van der Waals surface area contributed by atoms with E-state index in [0.717, 1.165) is 155 Å². The Kier molecular flexibility index (Phi) is 23.1. The Morgan fingerprint density at radius 1 is 0.135 bits per heavy atom. The summed E-state index contributed by atoms with van der Waals surface area (Å²) in [4.78, 5) is 93.1. The van der Waals surface area contributed by atoms with Gasteiger partial charge in [-0.2, -0.15) is 0 Å². The summed E-state index contributed by atoms with van der Waals surface area (Å²) >= 11 is 0. The molecule has 0 fully saturated rings. The SMILES string of the molecule is O=c1oc2c(-c3cccc(-c4nc(-c5ccccc5)nc(-c5ccccc5)n4)c3)cccc2c2ccccc12.O=c1oc2cc(-c3cccc(-c4nc(-c5ccccc5)nc(-c5ccccc5)n4)c3)ccc2c2ccc(-c3cccc(-c4nc(-c5ccccc5)nc(-c5ccccc5)n4)c3)cc12.O=c1oc2ccccc2c2ccc(-c3cccc(-c4cc(-c5ccccc5)nc(-c5ccccc5)n4)c3)cc12. The number of fused-ring (bicyclic) bond motifs is 9. The molecule has 141 heavy (non-hydrogen) atoms. The topological polar surface area (TPSA) is 232 Å². The second-order valence-electron chi connectivity index (χ2n) is 33.8. The number of benzene rings is 18. The summed E-state index contributed by atoms with van der Waals surface area (Å²) < 4.78 is 17.5. The number of hydrogen-bond acceptors (Lipinski definition) is 17. The van der Waals surface area contributed by atoms with Gasteiger partial charge in [0.25, 0.3) is 0 Å². The molecule has 664 valence electrons. The average Bonchev–Trinajstić information content (AvgIpc) is 0.760. The summed E-state index contributed by atoms with van der Waals surface area (Å²) in [5, 5.41) is 6.87. The molecule has 7 heterocycles. The van der Waals surface area contributed by atoms with Crippen LogP contribution in [0.4, 0.5) is 0 Å². The van der Waals surface area contributed by atoms with Crippen LogP contribution in [0.1, 0.15) is 0 Å². The zero-order valence-electron chi connectivity index (χ0n) is 75.3. The lowest BCUT2D eigenvalue weighted by molar-refractivity contribution is 0.569. The van der Waals surface area contributed by atoms with Gasteiger partial charge in [0.15, 0.2) is 58.2 Å². The van der Waals surface area contributed by atoms with Crippen LogP contribution in [0.5, 0.6) is 0 Å². The lowest BCUT2D eigenvalue weighted by atomic mass is 9.97. The standard InChI is InChI=1S/C55H34N6O2.C35H22N2O2.C34H21N3O2/c62-55-47-33-41(39-23-13-25-43(31-39)53-58-49(35-15-5-1-6-16-35)56-50(59-53)36-17-7-2-8-18-36)27-29-45(47)46-30-28-42(34-48(46)63-55)40-24-14-26-44(32-40)54-60-51(37-19-9-3-10-20-37)57-52(61-54)38-21-11-4-12-22-38;38-35-30-21-26(18-19-28(30)29-16-7-8-17-33(29)39-35)25-14-9-15-27(20-25)32-22-31(23-10-3-1-4-11-23)36-34(37-32)24-12-5-2-6-13-24;38-34-29-18-8-7-17-27(29)28-20-10-19-26(30(28)39-34)24-15-9-16-25(21-24)33-36-31(22-11-3-1-4-12-22)35-32(37-33)23-13-5-2-6-14-23/h1-34H;1-22H;1-21H. The molecule has 0 bridgehead atoms. The molecule has 0 saturated carbocycles. The third-order valence-electron chi connectivity index (χ3n) is 24.7. The summed E-state index contributed by atoms with van der Waals surface area (Å²) in [5.41, 5.74) is 20.4. The summed E-state index contributed by atoms with van der Waals surface area (Å²) in [6.45, 7) is 0. The van der Waals surface area contributed by atoms with Gasteiger partial charge in [0.2, 0.25) is 0 Å². The molecular weight excluding hydrogens is 1740 g/mol. The van der Waals surface area contributed by atoms with Crippen molar-refractivity contribution in [3.05, 3.63) is 498 Å². The molecule has 0 radical (unpaired) electrons. The van der Waals surface area contributed by atoms with E-state index < -0.39 is 5.63 Å². The molecule has 0 aliphatic heterocycles. The number of hydrogen-bond donors (Lipinski definition) is 0. The van der Waals surface area contributed by atoms with Crippen LogP contribution in [0.15, 0.2) is 495 Å². The number of para-hydroxylation sites is 2. The second kappa shape index (κ2) is 38.1. The van der Waals surface area contributed by atoms with Crippen LogP contribution >= 0.6 is 0 Å². The first-order valence-electron chi connectivity index (χ1n) is 46.0. The minimum absolute atomic E-state index is 0.336. The summed E-state index contributed by atoms with van der Waals surface area (Å²) in [5.74, 6) is 5.94. The van der Waals surface area contributed by atoms with E-state index in [2.05, 4.69) is 42.5 Å². The van der Waals surface area contributed by atoms with Gasteiger partial charge in [-0.3, -0.25) is 0 Å². The zero-order valence-corrected chi connectivity index (χ0v) is 75.3. The molecule has 7 aromatic heterocycles. The molecule has 0 spiro atoms. The first-order valence-corrected chi connectivity index (χ1v) is 46.0. The van der Waals surface area contributed by atoms with Crippen molar-refractivity contribution in [2.45, 2.75) is 0 Å². The third kappa shape index (κ3) is 17.9. The molecule has 18 aromatic carbocycles. The molecule has 17 nitrogen and oxygen atoms in total. The van der Waals surface area contributed by atoms with Gasteiger partial charge in [-0.25, -0.2) is 69.2 Å². The second-order valence-corrected chi connectivity index (χ2v) is 33.8. The normalized spacial score (nSPS) is 11.2. The maximum Gasteiger partial charge on any atom is 0.344 e. The Morgan fingerprint density at radius 2 is 0.383 bits per heavy atom. The molecule has 0 unspecified atom stereocenters. The summed E-state index contributed by atoms with van der Waals surface area (Å²) in [6, 6.07) is 153. The summed E-state index contributed by atoms with van der Waals surface area (Å²) in [7, 11) is 0. The van der Waals surface area contributed by atoms with E-state index in [1.165, 1.54) is 0 Å². The van der Waals surface area contributed by atoms with Gasteiger partial charge in [0.05, 0.1) is 27.5 Å². The van der Waals surface area contributed by atoms with Crippen molar-refractivity contribution in [2.75, 3.05) is 0 Å². The van der Waals surface area contributed by atoms with E-state index >= 15 is 0 Å². The highest BCUT2D eigenvalue weighted by atomic mass is 16.4. The maximum absolute atomic E-state index is 13.8. The Labute approximate surface area is 807 Å². The van der Waals surface area contributed by atoms with Gasteiger partial charge in [-0.1, -0.05) is 400 Å². The average molecular weight is 1820 g/mol. The lowest BCUT2D eigenvalue weighted by Gasteiger charge is -2.11. The van der Waals surface area contributed by atoms with E-state index in [1.807, 2.05) is 419 Å². The van der Waals surface area contributed by atoms with Crippen molar-refractivity contribution in [2.24, 2.45) is 0 Å². The van der Waals surface area contributed by atoms with Crippen LogP contribution in [0.25, 0.3) is 246 Å². The maximum atomic E-state index is 13.8.